The summed E-state index contributed by atoms with van der Waals surface area (Å²) in [6, 6.07) is 12.3. The second kappa shape index (κ2) is 5.83. The zero-order chi connectivity index (χ0) is 14.5. The molecule has 6 heteroatoms. The second-order valence-electron chi connectivity index (χ2n) is 3.94. The number of ether oxygens (including phenoxy) is 1. The van der Waals surface area contributed by atoms with Gasteiger partial charge < -0.3 is 10.1 Å². The largest absolute Gasteiger partial charge is 0.421 e. The first-order valence-corrected chi connectivity index (χ1v) is 5.85. The van der Waals surface area contributed by atoms with Crippen LogP contribution in [0.3, 0.4) is 0 Å². The predicted molar refractivity (Wildman–Crippen MR) is 74.0 cm³/mol. The van der Waals surface area contributed by atoms with Crippen LogP contribution in [0.15, 0.2) is 48.5 Å². The lowest BCUT2D eigenvalue weighted by Crippen LogP contribution is -2.09. The fraction of sp³-hybridized carbons (Fsp3) is 0.0714. The number of carbonyl (C=O) groups is 1. The number of rotatable bonds is 4. The SMILES string of the molecule is CNc1ccccc1OC(=O)c1ccc([N+](=O)[O-])cc1. The van der Waals surface area contributed by atoms with Crippen molar-refractivity contribution >= 4 is 17.3 Å². The Hall–Kier alpha value is -2.89. The number of benzene rings is 2. The molecule has 0 fully saturated rings. The Balaban J connectivity index is 2.17. The summed E-state index contributed by atoms with van der Waals surface area (Å²) < 4.78 is 5.25. The Morgan fingerprint density at radius 2 is 1.80 bits per heavy atom. The summed E-state index contributed by atoms with van der Waals surface area (Å²) in [6.07, 6.45) is 0. The molecule has 0 aliphatic heterocycles. The average Bonchev–Trinajstić information content (AvgIpc) is 2.48. The number of carbonyl (C=O) groups excluding carboxylic acids is 1. The average molecular weight is 272 g/mol. The minimum Gasteiger partial charge on any atom is -0.421 e. The monoisotopic (exact) mass is 272 g/mol. The molecule has 0 unspecified atom stereocenters. The van der Waals surface area contributed by atoms with Gasteiger partial charge in [-0.3, -0.25) is 10.1 Å². The molecule has 102 valence electrons. The van der Waals surface area contributed by atoms with Crippen molar-refractivity contribution in [1.82, 2.24) is 0 Å². The summed E-state index contributed by atoms with van der Waals surface area (Å²) >= 11 is 0. The maximum absolute atomic E-state index is 11.9. The highest BCUT2D eigenvalue weighted by molar-refractivity contribution is 5.92. The predicted octanol–water partition coefficient (Wildman–Crippen LogP) is 2.86. The molecule has 0 spiro atoms. The normalized spacial score (nSPS) is 9.85. The van der Waals surface area contributed by atoms with E-state index in [1.807, 2.05) is 6.07 Å². The zero-order valence-corrected chi connectivity index (χ0v) is 10.7. The fourth-order valence-electron chi connectivity index (χ4n) is 1.64. The Bertz CT molecular complexity index is 638. The maximum atomic E-state index is 11.9. The van der Waals surface area contributed by atoms with E-state index in [0.29, 0.717) is 11.4 Å². The summed E-state index contributed by atoms with van der Waals surface area (Å²) in [5.41, 5.74) is 0.862. The quantitative estimate of drug-likeness (QED) is 0.400. The van der Waals surface area contributed by atoms with Crippen molar-refractivity contribution in [1.29, 1.82) is 0 Å². The Morgan fingerprint density at radius 3 is 2.40 bits per heavy atom. The topological polar surface area (TPSA) is 81.5 Å². The highest BCUT2D eigenvalue weighted by Gasteiger charge is 2.12. The number of nitrogens with zero attached hydrogens (tertiary/aromatic N) is 1. The third-order valence-corrected chi connectivity index (χ3v) is 2.67. The first-order valence-electron chi connectivity index (χ1n) is 5.85. The van der Waals surface area contributed by atoms with E-state index in [-0.39, 0.29) is 11.3 Å². The molecule has 0 aliphatic rings. The number of nitro groups is 1. The molecule has 0 saturated carbocycles. The van der Waals surface area contributed by atoms with Gasteiger partial charge in [0.2, 0.25) is 0 Å². The fourth-order valence-corrected chi connectivity index (χ4v) is 1.64. The van der Waals surface area contributed by atoms with Crippen LogP contribution >= 0.6 is 0 Å². The number of para-hydroxylation sites is 2. The van der Waals surface area contributed by atoms with Crippen molar-refractivity contribution in [2.75, 3.05) is 12.4 Å². The summed E-state index contributed by atoms with van der Waals surface area (Å²) in [5, 5.41) is 13.4. The van der Waals surface area contributed by atoms with Gasteiger partial charge in [0, 0.05) is 19.2 Å². The molecular formula is C14H12N2O4. The van der Waals surface area contributed by atoms with Gasteiger partial charge in [-0.1, -0.05) is 12.1 Å². The Labute approximate surface area is 115 Å². The molecule has 0 radical (unpaired) electrons. The van der Waals surface area contributed by atoms with Crippen molar-refractivity contribution in [3.63, 3.8) is 0 Å². The van der Waals surface area contributed by atoms with E-state index in [1.54, 1.807) is 25.2 Å². The van der Waals surface area contributed by atoms with Crippen molar-refractivity contribution in [2.45, 2.75) is 0 Å². The lowest BCUT2D eigenvalue weighted by molar-refractivity contribution is -0.384. The van der Waals surface area contributed by atoms with Gasteiger partial charge in [0.05, 0.1) is 16.2 Å². The molecule has 0 atom stereocenters. The standard InChI is InChI=1S/C14H12N2O4/c1-15-12-4-2-3-5-13(12)20-14(17)10-6-8-11(9-7-10)16(18)19/h2-9,15H,1H3. The minimum atomic E-state index is -0.567. The molecule has 0 heterocycles. The molecule has 0 amide bonds. The van der Waals surface area contributed by atoms with E-state index >= 15 is 0 Å². The van der Waals surface area contributed by atoms with Gasteiger partial charge in [-0.05, 0) is 24.3 Å². The smallest absolute Gasteiger partial charge is 0.343 e. The Kier molecular flexibility index (Phi) is 3.95. The van der Waals surface area contributed by atoms with Gasteiger partial charge in [0.15, 0.2) is 5.75 Å². The first kappa shape index (κ1) is 13.5. The van der Waals surface area contributed by atoms with E-state index in [4.69, 9.17) is 4.74 Å². The van der Waals surface area contributed by atoms with E-state index in [0.717, 1.165) is 0 Å². The number of hydrogen-bond acceptors (Lipinski definition) is 5. The van der Waals surface area contributed by atoms with Crippen LogP contribution in [-0.4, -0.2) is 17.9 Å². The molecule has 2 rings (SSSR count). The maximum Gasteiger partial charge on any atom is 0.343 e. The zero-order valence-electron chi connectivity index (χ0n) is 10.7. The van der Waals surface area contributed by atoms with E-state index in [1.165, 1.54) is 24.3 Å². The molecule has 0 saturated heterocycles. The number of esters is 1. The highest BCUT2D eigenvalue weighted by Crippen LogP contribution is 2.24. The van der Waals surface area contributed by atoms with E-state index in [2.05, 4.69) is 5.32 Å². The third kappa shape index (κ3) is 2.92. The summed E-state index contributed by atoms with van der Waals surface area (Å²) in [7, 11) is 1.72. The van der Waals surface area contributed by atoms with Gasteiger partial charge >= 0.3 is 5.97 Å². The van der Waals surface area contributed by atoms with Gasteiger partial charge in [-0.25, -0.2) is 4.79 Å². The van der Waals surface area contributed by atoms with E-state index < -0.39 is 10.9 Å². The number of hydrogen-bond donors (Lipinski definition) is 1. The summed E-state index contributed by atoms with van der Waals surface area (Å²) in [6.45, 7) is 0. The number of nitrogens with one attached hydrogen (secondary N) is 1. The van der Waals surface area contributed by atoms with Crippen molar-refractivity contribution in [2.24, 2.45) is 0 Å². The van der Waals surface area contributed by atoms with E-state index in [9.17, 15) is 14.9 Å². The molecule has 2 aromatic rings. The van der Waals surface area contributed by atoms with Crippen molar-refractivity contribution in [3.8, 4) is 5.75 Å². The van der Waals surface area contributed by atoms with Gasteiger partial charge in [0.1, 0.15) is 0 Å². The van der Waals surface area contributed by atoms with Gasteiger partial charge in [-0.2, -0.15) is 0 Å². The molecule has 2 aromatic carbocycles. The Morgan fingerprint density at radius 1 is 1.15 bits per heavy atom. The molecular weight excluding hydrogens is 260 g/mol. The lowest BCUT2D eigenvalue weighted by atomic mass is 10.2. The first-order chi connectivity index (χ1) is 9.61. The van der Waals surface area contributed by atoms with Crippen LogP contribution < -0.4 is 10.1 Å². The van der Waals surface area contributed by atoms with Crippen LogP contribution in [0, 0.1) is 10.1 Å². The van der Waals surface area contributed by atoms with Crippen LogP contribution in [0.2, 0.25) is 0 Å². The van der Waals surface area contributed by atoms with Gasteiger partial charge in [-0.15, -0.1) is 0 Å². The van der Waals surface area contributed by atoms with Crippen LogP contribution in [-0.2, 0) is 0 Å². The molecule has 0 aromatic heterocycles. The molecule has 0 aliphatic carbocycles. The third-order valence-electron chi connectivity index (χ3n) is 2.67. The van der Waals surface area contributed by atoms with Crippen LogP contribution in [0.1, 0.15) is 10.4 Å². The van der Waals surface area contributed by atoms with Gasteiger partial charge in [0.25, 0.3) is 5.69 Å². The minimum absolute atomic E-state index is 0.0721. The van der Waals surface area contributed by atoms with Crippen molar-refractivity contribution in [3.05, 3.63) is 64.2 Å². The van der Waals surface area contributed by atoms with Crippen LogP contribution in [0.25, 0.3) is 0 Å². The number of anilines is 1. The van der Waals surface area contributed by atoms with Crippen LogP contribution in [0.5, 0.6) is 5.75 Å². The molecule has 1 N–H and O–H groups in total. The molecule has 6 nitrogen and oxygen atoms in total. The molecule has 0 bridgehead atoms. The number of nitro benzene ring substituents is 1. The van der Waals surface area contributed by atoms with Crippen LogP contribution in [0.4, 0.5) is 11.4 Å². The summed E-state index contributed by atoms with van der Waals surface area (Å²) in [4.78, 5) is 22.0. The summed E-state index contributed by atoms with van der Waals surface area (Å²) in [5.74, 6) is -0.166. The number of non-ortho nitro benzene ring substituents is 1. The molecule has 20 heavy (non-hydrogen) atoms. The van der Waals surface area contributed by atoms with Crippen molar-refractivity contribution < 1.29 is 14.5 Å². The lowest BCUT2D eigenvalue weighted by Gasteiger charge is -2.09. The highest BCUT2D eigenvalue weighted by atomic mass is 16.6. The second-order valence-corrected chi connectivity index (χ2v) is 3.94.